The van der Waals surface area contributed by atoms with Crippen LogP contribution >= 0.6 is 0 Å². The highest BCUT2D eigenvalue weighted by atomic mass is 19.1. The molecule has 3 aromatic carbocycles. The van der Waals surface area contributed by atoms with Crippen LogP contribution in [0.25, 0.3) is 5.76 Å². The number of ether oxygens (including phenoxy) is 1. The Kier molecular flexibility index (Phi) is 5.53. The molecule has 0 aliphatic carbocycles. The maximum Gasteiger partial charge on any atom is 0.300 e. The first-order chi connectivity index (χ1) is 15.3. The van der Waals surface area contributed by atoms with Crippen LogP contribution in [0, 0.1) is 19.7 Å². The van der Waals surface area contributed by atoms with E-state index in [4.69, 9.17) is 4.74 Å². The molecule has 0 aromatic heterocycles. The van der Waals surface area contributed by atoms with Crippen molar-refractivity contribution in [2.45, 2.75) is 19.9 Å². The molecule has 1 heterocycles. The van der Waals surface area contributed by atoms with Crippen molar-refractivity contribution in [2.75, 3.05) is 12.0 Å². The molecule has 0 radical (unpaired) electrons. The molecule has 1 unspecified atom stereocenters. The molecule has 4 rings (SSSR count). The van der Waals surface area contributed by atoms with E-state index in [1.165, 1.54) is 30.2 Å². The zero-order valence-corrected chi connectivity index (χ0v) is 17.9. The van der Waals surface area contributed by atoms with E-state index in [-0.39, 0.29) is 17.0 Å². The van der Waals surface area contributed by atoms with Gasteiger partial charge in [0, 0.05) is 11.3 Å². The predicted molar refractivity (Wildman–Crippen MR) is 120 cm³/mol. The number of methoxy groups -OCH3 is 1. The van der Waals surface area contributed by atoms with Crippen molar-refractivity contribution in [2.24, 2.45) is 0 Å². The van der Waals surface area contributed by atoms with Crippen LogP contribution < -0.4 is 9.64 Å². The van der Waals surface area contributed by atoms with Gasteiger partial charge in [-0.25, -0.2) is 4.39 Å². The zero-order valence-electron chi connectivity index (χ0n) is 17.9. The first-order valence-corrected chi connectivity index (χ1v) is 10.1. The summed E-state index contributed by atoms with van der Waals surface area (Å²) in [6, 6.07) is 16.7. The van der Waals surface area contributed by atoms with Crippen molar-refractivity contribution >= 4 is 23.1 Å². The second-order valence-electron chi connectivity index (χ2n) is 7.72. The second kappa shape index (κ2) is 8.30. The van der Waals surface area contributed by atoms with E-state index >= 15 is 0 Å². The SMILES string of the molecule is COc1cccc(C2/C(=C(\O)c3ccc(C)c(C)c3)C(=O)C(=O)N2c2cccc(F)c2)c1. The van der Waals surface area contributed by atoms with Crippen LogP contribution in [0.2, 0.25) is 0 Å². The number of rotatable bonds is 4. The van der Waals surface area contributed by atoms with Crippen molar-refractivity contribution < 1.29 is 23.8 Å². The number of Topliss-reactive ketones (excluding diaryl/α,β-unsaturated/α-hetero) is 1. The quantitative estimate of drug-likeness (QED) is 0.356. The fourth-order valence-corrected chi connectivity index (χ4v) is 3.90. The molecule has 162 valence electrons. The van der Waals surface area contributed by atoms with Crippen LogP contribution in [0.5, 0.6) is 5.75 Å². The molecule has 1 N–H and O–H groups in total. The molecular formula is C26H22FNO4. The maximum absolute atomic E-state index is 14.0. The maximum atomic E-state index is 14.0. The highest BCUT2D eigenvalue weighted by molar-refractivity contribution is 6.51. The second-order valence-corrected chi connectivity index (χ2v) is 7.72. The van der Waals surface area contributed by atoms with E-state index in [1.54, 1.807) is 42.5 Å². The summed E-state index contributed by atoms with van der Waals surface area (Å²) in [5, 5.41) is 11.2. The van der Waals surface area contributed by atoms with Crippen molar-refractivity contribution in [1.29, 1.82) is 0 Å². The third-order valence-electron chi connectivity index (χ3n) is 5.72. The van der Waals surface area contributed by atoms with E-state index in [2.05, 4.69) is 0 Å². The standard InChI is InChI=1S/C26H22FNO4/c1-15-10-11-18(12-16(15)2)24(29)22-23(17-6-4-9-21(13-17)32-3)28(26(31)25(22)30)20-8-5-7-19(27)14-20/h4-14,23,29H,1-3H3/b24-22+. The Morgan fingerprint density at radius 1 is 0.969 bits per heavy atom. The summed E-state index contributed by atoms with van der Waals surface area (Å²) in [6.07, 6.45) is 0. The molecule has 3 aromatic rings. The Morgan fingerprint density at radius 3 is 2.41 bits per heavy atom. The minimum atomic E-state index is -0.950. The number of anilines is 1. The summed E-state index contributed by atoms with van der Waals surface area (Å²) in [5.74, 6) is -1.97. The fraction of sp³-hybridized carbons (Fsp3) is 0.154. The van der Waals surface area contributed by atoms with Crippen LogP contribution in [-0.2, 0) is 9.59 Å². The van der Waals surface area contributed by atoms with Crippen molar-refractivity contribution in [3.8, 4) is 5.75 Å². The van der Waals surface area contributed by atoms with Gasteiger partial charge in [0.15, 0.2) is 0 Å². The smallest absolute Gasteiger partial charge is 0.300 e. The number of halogens is 1. The number of hydrogen-bond acceptors (Lipinski definition) is 4. The molecule has 6 heteroatoms. The van der Waals surface area contributed by atoms with Gasteiger partial charge in [-0.1, -0.05) is 30.3 Å². The lowest BCUT2D eigenvalue weighted by atomic mass is 9.94. The lowest BCUT2D eigenvalue weighted by molar-refractivity contribution is -0.132. The van der Waals surface area contributed by atoms with Gasteiger partial charge in [-0.05, 0) is 66.9 Å². The van der Waals surface area contributed by atoms with Gasteiger partial charge in [-0.15, -0.1) is 0 Å². The van der Waals surface area contributed by atoms with Gasteiger partial charge in [0.1, 0.15) is 17.3 Å². The molecule has 1 saturated heterocycles. The molecule has 0 spiro atoms. The average molecular weight is 431 g/mol. The van der Waals surface area contributed by atoms with E-state index in [1.807, 2.05) is 19.9 Å². The van der Waals surface area contributed by atoms with Crippen molar-refractivity contribution in [3.63, 3.8) is 0 Å². The summed E-state index contributed by atoms with van der Waals surface area (Å²) < 4.78 is 19.3. The summed E-state index contributed by atoms with van der Waals surface area (Å²) in [5.41, 5.74) is 3.11. The molecule has 32 heavy (non-hydrogen) atoms. The monoisotopic (exact) mass is 431 g/mol. The molecule has 1 amide bonds. The van der Waals surface area contributed by atoms with Gasteiger partial charge in [0.05, 0.1) is 18.7 Å². The minimum absolute atomic E-state index is 0.0595. The van der Waals surface area contributed by atoms with Gasteiger partial charge in [0.25, 0.3) is 11.7 Å². The van der Waals surface area contributed by atoms with Gasteiger partial charge in [-0.2, -0.15) is 0 Å². The van der Waals surface area contributed by atoms with Gasteiger partial charge in [-0.3, -0.25) is 14.5 Å². The number of aliphatic hydroxyl groups is 1. The molecule has 1 fully saturated rings. The largest absolute Gasteiger partial charge is 0.507 e. The topological polar surface area (TPSA) is 66.8 Å². The number of hydrogen-bond donors (Lipinski definition) is 1. The Morgan fingerprint density at radius 2 is 1.72 bits per heavy atom. The average Bonchev–Trinajstić information content (AvgIpc) is 3.06. The summed E-state index contributed by atoms with van der Waals surface area (Å²) in [7, 11) is 1.51. The van der Waals surface area contributed by atoms with Crippen molar-refractivity contribution in [3.05, 3.63) is 100 Å². The van der Waals surface area contributed by atoms with Crippen LogP contribution in [0.15, 0.2) is 72.3 Å². The number of benzene rings is 3. The number of carbonyl (C=O) groups excluding carboxylic acids is 2. The Bertz CT molecular complexity index is 1260. The summed E-state index contributed by atoms with van der Waals surface area (Å²) >= 11 is 0. The van der Waals surface area contributed by atoms with Crippen molar-refractivity contribution in [1.82, 2.24) is 0 Å². The lowest BCUT2D eigenvalue weighted by Gasteiger charge is -2.25. The highest BCUT2D eigenvalue weighted by Gasteiger charge is 2.47. The molecule has 0 bridgehead atoms. The van der Waals surface area contributed by atoms with Gasteiger partial charge < -0.3 is 9.84 Å². The Balaban J connectivity index is 1.97. The van der Waals surface area contributed by atoms with Crippen LogP contribution in [0.3, 0.4) is 0 Å². The lowest BCUT2D eigenvalue weighted by Crippen LogP contribution is -2.29. The van der Waals surface area contributed by atoms with E-state index in [9.17, 15) is 19.1 Å². The molecular weight excluding hydrogens is 409 g/mol. The number of aliphatic hydroxyl groups excluding tert-OH is 1. The van der Waals surface area contributed by atoms with E-state index in [0.717, 1.165) is 11.1 Å². The Hall–Kier alpha value is -3.93. The number of carbonyl (C=O) groups is 2. The number of amides is 1. The number of ketones is 1. The van der Waals surface area contributed by atoms with Crippen LogP contribution in [0.1, 0.15) is 28.3 Å². The molecule has 5 nitrogen and oxygen atoms in total. The normalized spacial score (nSPS) is 17.6. The van der Waals surface area contributed by atoms with Crippen LogP contribution in [0.4, 0.5) is 10.1 Å². The van der Waals surface area contributed by atoms with E-state index in [0.29, 0.717) is 16.9 Å². The number of aryl methyl sites for hydroxylation is 2. The third kappa shape index (κ3) is 3.64. The Labute approximate surface area is 185 Å². The summed E-state index contributed by atoms with van der Waals surface area (Å²) in [6.45, 7) is 3.84. The molecule has 1 atom stereocenters. The predicted octanol–water partition coefficient (Wildman–Crippen LogP) is 5.08. The summed E-state index contributed by atoms with van der Waals surface area (Å²) in [4.78, 5) is 27.5. The first kappa shape index (κ1) is 21.3. The highest BCUT2D eigenvalue weighted by Crippen LogP contribution is 2.43. The molecule has 1 aliphatic rings. The fourth-order valence-electron chi connectivity index (χ4n) is 3.90. The van der Waals surface area contributed by atoms with Gasteiger partial charge in [0.2, 0.25) is 0 Å². The molecule has 1 aliphatic heterocycles. The van der Waals surface area contributed by atoms with Gasteiger partial charge >= 0.3 is 0 Å². The first-order valence-electron chi connectivity index (χ1n) is 10.1. The minimum Gasteiger partial charge on any atom is -0.507 e. The van der Waals surface area contributed by atoms with E-state index < -0.39 is 23.5 Å². The number of nitrogens with zero attached hydrogens (tertiary/aromatic N) is 1. The zero-order chi connectivity index (χ0) is 23.0. The molecule has 0 saturated carbocycles. The van der Waals surface area contributed by atoms with Crippen LogP contribution in [-0.4, -0.2) is 23.9 Å². The third-order valence-corrected chi connectivity index (χ3v) is 5.72.